The van der Waals surface area contributed by atoms with Crippen molar-refractivity contribution in [3.05, 3.63) is 25.6 Å². The lowest BCUT2D eigenvalue weighted by Crippen LogP contribution is -2.61. The highest BCUT2D eigenvalue weighted by atomic mass is 79.9. The van der Waals surface area contributed by atoms with Crippen LogP contribution < -0.4 is 10.1 Å². The topological polar surface area (TPSA) is 30.5 Å². The minimum absolute atomic E-state index is 0.0905. The van der Waals surface area contributed by atoms with Gasteiger partial charge in [-0.2, -0.15) is 0 Å². The summed E-state index contributed by atoms with van der Waals surface area (Å²) in [5.74, 6) is 0.831. The molecular formula is C14H18Br3NO2. The van der Waals surface area contributed by atoms with Crippen LogP contribution in [0.15, 0.2) is 25.6 Å². The molecule has 0 aromatic heterocycles. The molecule has 3 nitrogen and oxygen atoms in total. The second-order valence-electron chi connectivity index (χ2n) is 4.67. The SMILES string of the molecule is CCNC1CC(Oc2c(Br)cc(Br)cc2Br)C1OCC. The Morgan fingerprint density at radius 3 is 2.40 bits per heavy atom. The van der Waals surface area contributed by atoms with Crippen molar-refractivity contribution < 1.29 is 9.47 Å². The van der Waals surface area contributed by atoms with Crippen LogP contribution in [0.25, 0.3) is 0 Å². The van der Waals surface area contributed by atoms with Gasteiger partial charge in [-0.3, -0.25) is 0 Å². The largest absolute Gasteiger partial charge is 0.485 e. The lowest BCUT2D eigenvalue weighted by molar-refractivity contribution is -0.104. The Morgan fingerprint density at radius 1 is 1.20 bits per heavy atom. The van der Waals surface area contributed by atoms with E-state index >= 15 is 0 Å². The van der Waals surface area contributed by atoms with Crippen molar-refractivity contribution in [2.75, 3.05) is 13.2 Å². The molecule has 0 aliphatic heterocycles. The maximum atomic E-state index is 6.13. The van der Waals surface area contributed by atoms with E-state index < -0.39 is 0 Å². The van der Waals surface area contributed by atoms with E-state index in [1.807, 2.05) is 19.1 Å². The van der Waals surface area contributed by atoms with Gasteiger partial charge in [0.05, 0.1) is 8.95 Å². The van der Waals surface area contributed by atoms with Crippen molar-refractivity contribution in [2.24, 2.45) is 0 Å². The predicted octanol–water partition coefficient (Wildman–Crippen LogP) is 4.51. The number of hydrogen-bond donors (Lipinski definition) is 1. The molecular weight excluding hydrogens is 454 g/mol. The molecule has 3 unspecified atom stereocenters. The summed E-state index contributed by atoms with van der Waals surface area (Å²) in [4.78, 5) is 0. The van der Waals surface area contributed by atoms with Gasteiger partial charge in [-0.1, -0.05) is 22.9 Å². The van der Waals surface area contributed by atoms with Crippen molar-refractivity contribution in [1.29, 1.82) is 0 Å². The normalized spacial score (nSPS) is 25.4. The Kier molecular flexibility index (Phi) is 6.35. The molecule has 1 aromatic carbocycles. The minimum atomic E-state index is 0.0905. The third-order valence-electron chi connectivity index (χ3n) is 3.31. The van der Waals surface area contributed by atoms with Gasteiger partial charge < -0.3 is 14.8 Å². The number of hydrogen-bond acceptors (Lipinski definition) is 3. The van der Waals surface area contributed by atoms with Crippen molar-refractivity contribution in [2.45, 2.75) is 38.5 Å². The lowest BCUT2D eigenvalue weighted by atomic mass is 9.85. The molecule has 2 rings (SSSR count). The van der Waals surface area contributed by atoms with E-state index in [0.717, 1.165) is 32.1 Å². The zero-order valence-corrected chi connectivity index (χ0v) is 16.2. The third kappa shape index (κ3) is 3.77. The zero-order valence-electron chi connectivity index (χ0n) is 11.5. The molecule has 0 saturated heterocycles. The Labute approximate surface area is 145 Å². The van der Waals surface area contributed by atoms with E-state index in [-0.39, 0.29) is 12.2 Å². The number of nitrogens with one attached hydrogen (secondary N) is 1. The van der Waals surface area contributed by atoms with E-state index in [0.29, 0.717) is 12.6 Å². The van der Waals surface area contributed by atoms with Crippen LogP contribution in [0.2, 0.25) is 0 Å². The summed E-state index contributed by atoms with van der Waals surface area (Å²) >= 11 is 10.5. The summed E-state index contributed by atoms with van der Waals surface area (Å²) < 4.78 is 14.8. The summed E-state index contributed by atoms with van der Waals surface area (Å²) in [5, 5.41) is 3.44. The molecule has 1 saturated carbocycles. The van der Waals surface area contributed by atoms with Gasteiger partial charge in [-0.25, -0.2) is 0 Å². The molecule has 1 aromatic rings. The van der Waals surface area contributed by atoms with Gasteiger partial charge in [0.2, 0.25) is 0 Å². The van der Waals surface area contributed by atoms with Crippen LogP contribution in [0.5, 0.6) is 5.75 Å². The molecule has 1 fully saturated rings. The van der Waals surface area contributed by atoms with Gasteiger partial charge in [0.1, 0.15) is 18.0 Å². The highest BCUT2D eigenvalue weighted by Gasteiger charge is 2.43. The smallest absolute Gasteiger partial charge is 0.148 e. The summed E-state index contributed by atoms with van der Waals surface area (Å²) in [6, 6.07) is 4.35. The van der Waals surface area contributed by atoms with E-state index in [9.17, 15) is 0 Å². The Morgan fingerprint density at radius 2 is 1.85 bits per heavy atom. The number of likely N-dealkylation sites (N-methyl/N-ethyl adjacent to an activating group) is 1. The van der Waals surface area contributed by atoms with Crippen molar-refractivity contribution in [3.8, 4) is 5.75 Å². The van der Waals surface area contributed by atoms with Crippen molar-refractivity contribution in [1.82, 2.24) is 5.32 Å². The summed E-state index contributed by atoms with van der Waals surface area (Å²) in [6.07, 6.45) is 1.17. The van der Waals surface area contributed by atoms with Crippen LogP contribution in [0.3, 0.4) is 0 Å². The molecule has 0 amide bonds. The molecule has 112 valence electrons. The van der Waals surface area contributed by atoms with E-state index in [2.05, 4.69) is 60.0 Å². The molecule has 1 aliphatic carbocycles. The van der Waals surface area contributed by atoms with Crippen LogP contribution in [0, 0.1) is 0 Å². The predicted molar refractivity (Wildman–Crippen MR) is 91.5 cm³/mol. The van der Waals surface area contributed by atoms with Gasteiger partial charge in [0, 0.05) is 23.5 Å². The fourth-order valence-corrected chi connectivity index (χ4v) is 4.81. The van der Waals surface area contributed by atoms with E-state index in [1.165, 1.54) is 0 Å². The lowest BCUT2D eigenvalue weighted by Gasteiger charge is -2.44. The molecule has 0 bridgehead atoms. The Balaban J connectivity index is 2.07. The van der Waals surface area contributed by atoms with Crippen LogP contribution in [0.1, 0.15) is 20.3 Å². The minimum Gasteiger partial charge on any atom is -0.485 e. The second-order valence-corrected chi connectivity index (χ2v) is 7.30. The molecule has 1 N–H and O–H groups in total. The first-order chi connectivity index (χ1) is 9.56. The van der Waals surface area contributed by atoms with Crippen LogP contribution in [-0.4, -0.2) is 31.4 Å². The Bertz CT molecular complexity index is 447. The molecule has 1 aliphatic rings. The molecule has 0 radical (unpaired) electrons. The number of ether oxygens (including phenoxy) is 2. The first-order valence-corrected chi connectivity index (χ1v) is 9.10. The van der Waals surface area contributed by atoms with Gasteiger partial charge in [-0.15, -0.1) is 0 Å². The molecule has 20 heavy (non-hydrogen) atoms. The maximum absolute atomic E-state index is 6.13. The van der Waals surface area contributed by atoms with Crippen LogP contribution >= 0.6 is 47.8 Å². The fourth-order valence-electron chi connectivity index (χ4n) is 2.37. The summed E-state index contributed by atoms with van der Waals surface area (Å²) in [5.41, 5.74) is 0. The van der Waals surface area contributed by atoms with Crippen molar-refractivity contribution >= 4 is 47.8 Å². The van der Waals surface area contributed by atoms with E-state index in [1.54, 1.807) is 0 Å². The summed E-state index contributed by atoms with van der Waals surface area (Å²) in [6.45, 7) is 5.78. The maximum Gasteiger partial charge on any atom is 0.148 e. The first-order valence-electron chi connectivity index (χ1n) is 6.73. The number of halogens is 3. The Hall–Kier alpha value is 0.380. The molecule has 3 atom stereocenters. The molecule has 0 heterocycles. The quantitative estimate of drug-likeness (QED) is 0.662. The van der Waals surface area contributed by atoms with Gasteiger partial charge in [0.15, 0.2) is 0 Å². The average molecular weight is 472 g/mol. The van der Waals surface area contributed by atoms with Crippen LogP contribution in [-0.2, 0) is 4.74 Å². The third-order valence-corrected chi connectivity index (χ3v) is 4.94. The van der Waals surface area contributed by atoms with Gasteiger partial charge in [-0.05, 0) is 57.5 Å². The van der Waals surface area contributed by atoms with Gasteiger partial charge in [0.25, 0.3) is 0 Å². The average Bonchev–Trinajstić information content (AvgIpc) is 2.37. The zero-order chi connectivity index (χ0) is 14.7. The number of benzene rings is 1. The van der Waals surface area contributed by atoms with E-state index in [4.69, 9.17) is 9.47 Å². The highest BCUT2D eigenvalue weighted by Crippen LogP contribution is 2.39. The second kappa shape index (κ2) is 7.58. The summed E-state index contributed by atoms with van der Waals surface area (Å²) in [7, 11) is 0. The monoisotopic (exact) mass is 469 g/mol. The number of rotatable bonds is 6. The highest BCUT2D eigenvalue weighted by molar-refractivity contribution is 9.11. The van der Waals surface area contributed by atoms with Crippen molar-refractivity contribution in [3.63, 3.8) is 0 Å². The molecule has 6 heteroatoms. The molecule has 0 spiro atoms. The first kappa shape index (κ1) is 16.7. The van der Waals surface area contributed by atoms with Crippen LogP contribution in [0.4, 0.5) is 0 Å². The standard InChI is InChI=1S/C14H18Br3NO2/c1-3-18-11-7-12(14(11)19-4-2)20-13-9(16)5-8(15)6-10(13)17/h5-6,11-12,14,18H,3-4,7H2,1-2H3. The van der Waals surface area contributed by atoms with Gasteiger partial charge >= 0.3 is 0 Å². The fraction of sp³-hybridized carbons (Fsp3) is 0.571.